The maximum absolute atomic E-state index is 12.8. The molecule has 20 heavy (non-hydrogen) atoms. The Hall–Kier alpha value is -1.73. The number of halogens is 5. The van der Waals surface area contributed by atoms with E-state index in [1.807, 2.05) is 0 Å². The van der Waals surface area contributed by atoms with E-state index in [0.29, 0.717) is 0 Å². The van der Waals surface area contributed by atoms with E-state index in [4.69, 9.17) is 0 Å². The smallest absolute Gasteiger partial charge is 0.399 e. The Labute approximate surface area is 111 Å². The van der Waals surface area contributed by atoms with Crippen LogP contribution in [0.5, 0.6) is 0 Å². The van der Waals surface area contributed by atoms with Crippen molar-refractivity contribution in [3.8, 4) is 0 Å². The van der Waals surface area contributed by atoms with Gasteiger partial charge in [0.05, 0.1) is 5.56 Å². The predicted octanol–water partition coefficient (Wildman–Crippen LogP) is 3.68. The van der Waals surface area contributed by atoms with E-state index >= 15 is 0 Å². The number of rotatable bonds is 4. The van der Waals surface area contributed by atoms with Gasteiger partial charge in [0.2, 0.25) is 0 Å². The number of hydrogen-bond acceptors (Lipinski definition) is 3. The topological polar surface area (TPSA) is 39.2 Å². The summed E-state index contributed by atoms with van der Waals surface area (Å²) in [6.07, 6.45) is -3.93. The average Bonchev–Trinajstić information content (AvgIpc) is 2.25. The lowest BCUT2D eigenvalue weighted by Crippen LogP contribution is -2.21. The zero-order valence-electron chi connectivity index (χ0n) is 10.7. The molecule has 0 unspecified atom stereocenters. The molecule has 0 amide bonds. The van der Waals surface area contributed by atoms with Crippen LogP contribution in [0.2, 0.25) is 0 Å². The Bertz CT molecular complexity index is 485. The summed E-state index contributed by atoms with van der Waals surface area (Å²) in [5, 5.41) is 0. The van der Waals surface area contributed by atoms with Crippen molar-refractivity contribution in [2.24, 2.45) is 5.92 Å². The second-order valence-electron chi connectivity index (χ2n) is 4.46. The second kappa shape index (κ2) is 6.15. The normalized spacial score (nSPS) is 12.1. The molecule has 0 bridgehead atoms. The minimum absolute atomic E-state index is 0.0204. The number of nitrogens with zero attached hydrogens (tertiary/aromatic N) is 1. The first-order valence-electron chi connectivity index (χ1n) is 5.67. The SMILES string of the molecule is CC(C)Cc1ccnc(C(F)(F)F)c1C(=O)OC(F)F. The van der Waals surface area contributed by atoms with Crippen LogP contribution in [0.4, 0.5) is 22.0 Å². The third-order valence-electron chi connectivity index (χ3n) is 2.33. The Kier molecular flexibility index (Phi) is 5.02. The van der Waals surface area contributed by atoms with Crippen molar-refractivity contribution < 1.29 is 31.5 Å². The molecule has 0 N–H and O–H groups in total. The first-order valence-corrected chi connectivity index (χ1v) is 5.67. The molecule has 0 fully saturated rings. The molecule has 0 saturated carbocycles. The fourth-order valence-corrected chi connectivity index (χ4v) is 1.69. The lowest BCUT2D eigenvalue weighted by Gasteiger charge is -2.15. The third kappa shape index (κ3) is 4.14. The van der Waals surface area contributed by atoms with Gasteiger partial charge in [0.1, 0.15) is 0 Å². The van der Waals surface area contributed by atoms with Crippen molar-refractivity contribution in [3.05, 3.63) is 29.1 Å². The van der Waals surface area contributed by atoms with Gasteiger partial charge < -0.3 is 4.74 Å². The van der Waals surface area contributed by atoms with Gasteiger partial charge in [-0.1, -0.05) is 13.8 Å². The van der Waals surface area contributed by atoms with Gasteiger partial charge in [-0.15, -0.1) is 0 Å². The van der Waals surface area contributed by atoms with Crippen molar-refractivity contribution in [2.75, 3.05) is 0 Å². The minimum Gasteiger partial charge on any atom is -0.399 e. The maximum Gasteiger partial charge on any atom is 0.434 e. The molecule has 112 valence electrons. The van der Waals surface area contributed by atoms with Crippen LogP contribution in [0.25, 0.3) is 0 Å². The van der Waals surface area contributed by atoms with Crippen LogP contribution in [0.15, 0.2) is 12.3 Å². The summed E-state index contributed by atoms with van der Waals surface area (Å²) < 4.78 is 66.1. The van der Waals surface area contributed by atoms with Gasteiger partial charge in [-0.2, -0.15) is 22.0 Å². The van der Waals surface area contributed by atoms with E-state index in [9.17, 15) is 26.7 Å². The molecule has 0 aliphatic carbocycles. The predicted molar refractivity (Wildman–Crippen MR) is 59.2 cm³/mol. The lowest BCUT2D eigenvalue weighted by molar-refractivity contribution is -0.142. The van der Waals surface area contributed by atoms with Crippen molar-refractivity contribution in [1.29, 1.82) is 0 Å². The lowest BCUT2D eigenvalue weighted by atomic mass is 9.97. The van der Waals surface area contributed by atoms with Gasteiger partial charge >= 0.3 is 18.8 Å². The molecule has 0 aliphatic rings. The largest absolute Gasteiger partial charge is 0.434 e. The molecule has 0 atom stereocenters. The summed E-state index contributed by atoms with van der Waals surface area (Å²) in [4.78, 5) is 14.6. The number of carbonyl (C=O) groups is 1. The average molecular weight is 297 g/mol. The van der Waals surface area contributed by atoms with Crippen molar-refractivity contribution in [2.45, 2.75) is 33.1 Å². The number of ether oxygens (including phenoxy) is 1. The molecule has 1 aromatic rings. The van der Waals surface area contributed by atoms with Crippen LogP contribution in [0, 0.1) is 5.92 Å². The number of hydrogen-bond donors (Lipinski definition) is 0. The van der Waals surface area contributed by atoms with Crippen LogP contribution < -0.4 is 0 Å². The third-order valence-corrected chi connectivity index (χ3v) is 2.33. The molecule has 1 heterocycles. The van der Waals surface area contributed by atoms with Gasteiger partial charge in [-0.3, -0.25) is 4.98 Å². The van der Waals surface area contributed by atoms with Crippen molar-refractivity contribution >= 4 is 5.97 Å². The zero-order chi connectivity index (χ0) is 15.5. The Balaban J connectivity index is 3.36. The van der Waals surface area contributed by atoms with Gasteiger partial charge in [0.25, 0.3) is 0 Å². The number of pyridine rings is 1. The molecule has 1 aromatic heterocycles. The molecule has 3 nitrogen and oxygen atoms in total. The van der Waals surface area contributed by atoms with Gasteiger partial charge in [-0.05, 0) is 24.0 Å². The Morgan fingerprint density at radius 3 is 2.40 bits per heavy atom. The van der Waals surface area contributed by atoms with E-state index in [1.165, 1.54) is 6.07 Å². The van der Waals surface area contributed by atoms with E-state index < -0.39 is 30.0 Å². The molecule has 0 aromatic carbocycles. The van der Waals surface area contributed by atoms with E-state index in [2.05, 4.69) is 9.72 Å². The summed E-state index contributed by atoms with van der Waals surface area (Å²) in [6, 6.07) is 1.19. The molecular weight excluding hydrogens is 285 g/mol. The van der Waals surface area contributed by atoms with Gasteiger partial charge in [0.15, 0.2) is 5.69 Å². The zero-order valence-corrected chi connectivity index (χ0v) is 10.7. The standard InChI is InChI=1S/C12H12F5NO2/c1-6(2)5-7-3-4-18-9(12(15,16)17)8(7)10(19)20-11(13)14/h3-4,6,11H,5H2,1-2H3. The molecule has 0 spiro atoms. The second-order valence-corrected chi connectivity index (χ2v) is 4.46. The molecule has 8 heteroatoms. The number of aromatic nitrogens is 1. The van der Waals surface area contributed by atoms with Crippen LogP contribution in [0.1, 0.15) is 35.5 Å². The van der Waals surface area contributed by atoms with Crippen molar-refractivity contribution in [3.63, 3.8) is 0 Å². The highest BCUT2D eigenvalue weighted by atomic mass is 19.4. The summed E-state index contributed by atoms with van der Waals surface area (Å²) in [5.41, 5.74) is -2.48. The molecular formula is C12H12F5NO2. The molecule has 1 rings (SSSR count). The Morgan fingerprint density at radius 2 is 1.95 bits per heavy atom. The van der Waals surface area contributed by atoms with E-state index in [1.54, 1.807) is 13.8 Å². The highest BCUT2D eigenvalue weighted by molar-refractivity contribution is 5.92. The first-order chi connectivity index (χ1) is 9.12. The van der Waals surface area contributed by atoms with Crippen molar-refractivity contribution in [1.82, 2.24) is 4.98 Å². The van der Waals surface area contributed by atoms with Gasteiger partial charge in [-0.25, -0.2) is 4.79 Å². The van der Waals surface area contributed by atoms with E-state index in [0.717, 1.165) is 6.20 Å². The van der Waals surface area contributed by atoms with Crippen LogP contribution in [-0.2, 0) is 17.3 Å². The molecule has 0 saturated heterocycles. The molecule has 0 radical (unpaired) electrons. The summed E-state index contributed by atoms with van der Waals surface area (Å²) in [6.45, 7) is -0.0538. The monoisotopic (exact) mass is 297 g/mol. The van der Waals surface area contributed by atoms with Crippen LogP contribution in [-0.4, -0.2) is 17.6 Å². The summed E-state index contributed by atoms with van der Waals surface area (Å²) >= 11 is 0. The number of alkyl halides is 5. The highest BCUT2D eigenvalue weighted by Gasteiger charge is 2.39. The Morgan fingerprint density at radius 1 is 1.35 bits per heavy atom. The number of esters is 1. The fraction of sp³-hybridized carbons (Fsp3) is 0.500. The van der Waals surface area contributed by atoms with Gasteiger partial charge in [0, 0.05) is 6.20 Å². The maximum atomic E-state index is 12.8. The van der Waals surface area contributed by atoms with Crippen LogP contribution >= 0.6 is 0 Å². The summed E-state index contributed by atoms with van der Waals surface area (Å²) in [7, 11) is 0. The minimum atomic E-state index is -4.93. The van der Waals surface area contributed by atoms with Crippen LogP contribution in [0.3, 0.4) is 0 Å². The quantitative estimate of drug-likeness (QED) is 0.628. The fourth-order valence-electron chi connectivity index (χ4n) is 1.69. The first kappa shape index (κ1) is 16.3. The molecule has 0 aliphatic heterocycles. The summed E-state index contributed by atoms with van der Waals surface area (Å²) in [5.74, 6) is -1.80. The number of carbonyl (C=O) groups excluding carboxylic acids is 1. The van der Waals surface area contributed by atoms with E-state index in [-0.39, 0.29) is 17.9 Å². The highest BCUT2D eigenvalue weighted by Crippen LogP contribution is 2.33.